The second-order valence-corrected chi connectivity index (χ2v) is 5.21. The SMILES string of the molecule is O=C(Nc1cccc(Cl)c1)C(=O)Nc1ccc2c(c1)OCCO2. The third kappa shape index (κ3) is 3.73. The van der Waals surface area contributed by atoms with Crippen LogP contribution in [0.25, 0.3) is 0 Å². The molecule has 0 unspecified atom stereocenters. The smallest absolute Gasteiger partial charge is 0.314 e. The van der Waals surface area contributed by atoms with Crippen LogP contribution < -0.4 is 20.1 Å². The fraction of sp³-hybridized carbons (Fsp3) is 0.125. The predicted molar refractivity (Wildman–Crippen MR) is 86.1 cm³/mol. The van der Waals surface area contributed by atoms with E-state index in [1.807, 2.05) is 0 Å². The molecule has 0 aromatic heterocycles. The number of carbonyl (C=O) groups is 2. The molecule has 0 bridgehead atoms. The zero-order valence-electron chi connectivity index (χ0n) is 12.0. The number of hydrogen-bond acceptors (Lipinski definition) is 4. The van der Waals surface area contributed by atoms with Gasteiger partial charge in [-0.05, 0) is 30.3 Å². The van der Waals surface area contributed by atoms with E-state index in [0.717, 1.165) is 0 Å². The summed E-state index contributed by atoms with van der Waals surface area (Å²) in [5, 5.41) is 5.45. The summed E-state index contributed by atoms with van der Waals surface area (Å²) in [4.78, 5) is 23.8. The fourth-order valence-corrected chi connectivity index (χ4v) is 2.25. The van der Waals surface area contributed by atoms with Crippen LogP contribution in [0.2, 0.25) is 5.02 Å². The van der Waals surface area contributed by atoms with Crippen molar-refractivity contribution in [2.24, 2.45) is 0 Å². The number of ether oxygens (including phenoxy) is 2. The van der Waals surface area contributed by atoms with Crippen molar-refractivity contribution in [3.63, 3.8) is 0 Å². The lowest BCUT2D eigenvalue weighted by Gasteiger charge is -2.18. The van der Waals surface area contributed by atoms with Crippen molar-refractivity contribution >= 4 is 34.8 Å². The Hall–Kier alpha value is -2.73. The van der Waals surface area contributed by atoms with Crippen molar-refractivity contribution in [3.05, 3.63) is 47.5 Å². The van der Waals surface area contributed by atoms with Crippen molar-refractivity contribution in [2.75, 3.05) is 23.8 Å². The van der Waals surface area contributed by atoms with Crippen LogP contribution in [-0.4, -0.2) is 25.0 Å². The molecule has 2 aromatic carbocycles. The molecule has 0 atom stereocenters. The lowest BCUT2D eigenvalue weighted by molar-refractivity contribution is -0.133. The van der Waals surface area contributed by atoms with Gasteiger partial charge in [0.25, 0.3) is 0 Å². The van der Waals surface area contributed by atoms with Crippen LogP contribution in [-0.2, 0) is 9.59 Å². The summed E-state index contributed by atoms with van der Waals surface area (Å²) in [5.41, 5.74) is 0.889. The van der Waals surface area contributed by atoms with Gasteiger partial charge in [0.05, 0.1) is 0 Å². The van der Waals surface area contributed by atoms with E-state index in [4.69, 9.17) is 21.1 Å². The molecule has 6 nitrogen and oxygen atoms in total. The van der Waals surface area contributed by atoms with Crippen molar-refractivity contribution in [2.45, 2.75) is 0 Å². The van der Waals surface area contributed by atoms with Gasteiger partial charge in [0, 0.05) is 22.5 Å². The molecule has 0 radical (unpaired) electrons. The Kier molecular flexibility index (Phi) is 4.34. The van der Waals surface area contributed by atoms with Gasteiger partial charge in [-0.3, -0.25) is 9.59 Å². The van der Waals surface area contributed by atoms with E-state index in [2.05, 4.69) is 10.6 Å². The summed E-state index contributed by atoms with van der Waals surface area (Å²) in [7, 11) is 0. The molecule has 1 aliphatic heterocycles. The molecular formula is C16H13ClN2O4. The van der Waals surface area contributed by atoms with Crippen molar-refractivity contribution < 1.29 is 19.1 Å². The number of anilines is 2. The van der Waals surface area contributed by atoms with Gasteiger partial charge in [0.15, 0.2) is 11.5 Å². The molecule has 2 amide bonds. The number of fused-ring (bicyclic) bond motifs is 1. The predicted octanol–water partition coefficient (Wildman–Crippen LogP) is 2.69. The normalized spacial score (nSPS) is 12.4. The highest BCUT2D eigenvalue weighted by Gasteiger charge is 2.17. The summed E-state index contributed by atoms with van der Waals surface area (Å²) in [6.07, 6.45) is 0. The minimum atomic E-state index is -0.790. The van der Waals surface area contributed by atoms with Crippen LogP contribution in [0, 0.1) is 0 Å². The first-order chi connectivity index (χ1) is 11.1. The first-order valence-corrected chi connectivity index (χ1v) is 7.27. The molecule has 2 N–H and O–H groups in total. The lowest BCUT2D eigenvalue weighted by atomic mass is 10.2. The zero-order chi connectivity index (χ0) is 16.2. The molecule has 23 heavy (non-hydrogen) atoms. The Balaban J connectivity index is 1.65. The van der Waals surface area contributed by atoms with Crippen molar-refractivity contribution in [1.82, 2.24) is 0 Å². The van der Waals surface area contributed by atoms with E-state index in [1.54, 1.807) is 42.5 Å². The van der Waals surface area contributed by atoms with E-state index in [0.29, 0.717) is 41.1 Å². The number of halogens is 1. The number of carbonyl (C=O) groups excluding carboxylic acids is 2. The van der Waals surface area contributed by atoms with Crippen LogP contribution in [0.15, 0.2) is 42.5 Å². The van der Waals surface area contributed by atoms with E-state index < -0.39 is 11.8 Å². The van der Waals surface area contributed by atoms with Crippen molar-refractivity contribution in [1.29, 1.82) is 0 Å². The van der Waals surface area contributed by atoms with Crippen LogP contribution in [0.1, 0.15) is 0 Å². The summed E-state index contributed by atoms with van der Waals surface area (Å²) in [6.45, 7) is 0.931. The molecule has 2 aromatic rings. The Morgan fingerprint density at radius 2 is 1.52 bits per heavy atom. The van der Waals surface area contributed by atoms with E-state index in [9.17, 15) is 9.59 Å². The number of rotatable bonds is 2. The number of nitrogens with one attached hydrogen (secondary N) is 2. The van der Waals surface area contributed by atoms with Gasteiger partial charge in [-0.1, -0.05) is 17.7 Å². The first kappa shape index (κ1) is 15.2. The first-order valence-electron chi connectivity index (χ1n) is 6.89. The van der Waals surface area contributed by atoms with E-state index in [-0.39, 0.29) is 0 Å². The number of hydrogen-bond donors (Lipinski definition) is 2. The second kappa shape index (κ2) is 6.58. The van der Waals surface area contributed by atoms with Crippen LogP contribution >= 0.6 is 11.6 Å². The third-order valence-electron chi connectivity index (χ3n) is 3.09. The van der Waals surface area contributed by atoms with Gasteiger partial charge in [-0.15, -0.1) is 0 Å². The zero-order valence-corrected chi connectivity index (χ0v) is 12.7. The summed E-state index contributed by atoms with van der Waals surface area (Å²) < 4.78 is 10.8. The monoisotopic (exact) mass is 332 g/mol. The molecule has 1 heterocycles. The highest BCUT2D eigenvalue weighted by Crippen LogP contribution is 2.32. The quantitative estimate of drug-likeness (QED) is 0.829. The van der Waals surface area contributed by atoms with Crippen LogP contribution in [0.4, 0.5) is 11.4 Å². The molecule has 1 aliphatic rings. The molecule has 0 aliphatic carbocycles. The van der Waals surface area contributed by atoms with Crippen LogP contribution in [0.3, 0.4) is 0 Å². The second-order valence-electron chi connectivity index (χ2n) is 4.78. The lowest BCUT2D eigenvalue weighted by Crippen LogP contribution is -2.29. The minimum Gasteiger partial charge on any atom is -0.486 e. The molecule has 0 fully saturated rings. The Morgan fingerprint density at radius 3 is 2.22 bits per heavy atom. The van der Waals surface area contributed by atoms with Gasteiger partial charge < -0.3 is 20.1 Å². The van der Waals surface area contributed by atoms with Gasteiger partial charge in [-0.25, -0.2) is 0 Å². The maximum Gasteiger partial charge on any atom is 0.314 e. The summed E-state index contributed by atoms with van der Waals surface area (Å²) in [5.74, 6) is -0.439. The van der Waals surface area contributed by atoms with Gasteiger partial charge in [-0.2, -0.15) is 0 Å². The standard InChI is InChI=1S/C16H13ClN2O4/c17-10-2-1-3-11(8-10)18-15(20)16(21)19-12-4-5-13-14(9-12)23-7-6-22-13/h1-5,8-9H,6-7H2,(H,18,20)(H,19,21). The maximum absolute atomic E-state index is 11.9. The average molecular weight is 333 g/mol. The molecule has 0 saturated heterocycles. The largest absolute Gasteiger partial charge is 0.486 e. The Bertz CT molecular complexity index is 763. The van der Waals surface area contributed by atoms with Gasteiger partial charge in [0.2, 0.25) is 0 Å². The third-order valence-corrected chi connectivity index (χ3v) is 3.32. The topological polar surface area (TPSA) is 76.7 Å². The van der Waals surface area contributed by atoms with Crippen molar-refractivity contribution in [3.8, 4) is 11.5 Å². The minimum absolute atomic E-state index is 0.444. The van der Waals surface area contributed by atoms with Gasteiger partial charge in [0.1, 0.15) is 13.2 Å². The Labute approximate surface area is 137 Å². The van der Waals surface area contributed by atoms with E-state index >= 15 is 0 Å². The number of amides is 2. The molecular weight excluding hydrogens is 320 g/mol. The molecule has 118 valence electrons. The highest BCUT2D eigenvalue weighted by molar-refractivity contribution is 6.43. The molecule has 0 saturated carbocycles. The highest BCUT2D eigenvalue weighted by atomic mass is 35.5. The number of benzene rings is 2. The van der Waals surface area contributed by atoms with E-state index in [1.165, 1.54) is 0 Å². The summed E-state index contributed by atoms with van der Waals surface area (Å²) in [6, 6.07) is 11.5. The van der Waals surface area contributed by atoms with Gasteiger partial charge >= 0.3 is 11.8 Å². The molecule has 3 rings (SSSR count). The average Bonchev–Trinajstić information content (AvgIpc) is 2.54. The summed E-state index contributed by atoms with van der Waals surface area (Å²) >= 11 is 5.83. The maximum atomic E-state index is 11.9. The molecule has 0 spiro atoms. The van der Waals surface area contributed by atoms with Crippen LogP contribution in [0.5, 0.6) is 11.5 Å². The Morgan fingerprint density at radius 1 is 0.870 bits per heavy atom. The molecule has 7 heteroatoms. The fourth-order valence-electron chi connectivity index (χ4n) is 2.06.